The molecular formula is C20H28N2O3. The molecule has 5 nitrogen and oxygen atoms in total. The Bertz CT molecular complexity index is 738. The highest BCUT2D eigenvalue weighted by molar-refractivity contribution is 5.68. The number of aromatic nitrogens is 1. The van der Waals surface area contributed by atoms with Crippen LogP contribution < -0.4 is 5.56 Å². The molecule has 3 aliphatic rings. The molecule has 25 heavy (non-hydrogen) atoms. The fraction of sp³-hybridized carbons (Fsp3) is 0.700. The molecule has 1 saturated heterocycles. The number of nitrogens with zero attached hydrogens (tertiary/aromatic N) is 1. The lowest BCUT2D eigenvalue weighted by Crippen LogP contribution is -2.41. The van der Waals surface area contributed by atoms with E-state index in [0.29, 0.717) is 24.9 Å². The first kappa shape index (κ1) is 16.7. The Morgan fingerprint density at radius 3 is 2.44 bits per heavy atom. The van der Waals surface area contributed by atoms with E-state index in [0.717, 1.165) is 18.4 Å². The lowest BCUT2D eigenvalue weighted by atomic mass is 9.87. The third kappa shape index (κ3) is 3.09. The Balaban J connectivity index is 1.46. The highest BCUT2D eigenvalue weighted by atomic mass is 16.6. The number of hydrogen-bond donors (Lipinski definition) is 1. The van der Waals surface area contributed by atoms with Crippen molar-refractivity contribution in [3.05, 3.63) is 33.2 Å². The van der Waals surface area contributed by atoms with Gasteiger partial charge in [0, 0.05) is 24.3 Å². The van der Waals surface area contributed by atoms with E-state index in [1.54, 1.807) is 4.90 Å². The first-order valence-corrected chi connectivity index (χ1v) is 9.57. The molecule has 5 heteroatoms. The monoisotopic (exact) mass is 344 g/mol. The van der Waals surface area contributed by atoms with E-state index in [2.05, 4.69) is 11.1 Å². The largest absolute Gasteiger partial charge is 0.444 e. The molecule has 0 aromatic carbocycles. The zero-order valence-corrected chi connectivity index (χ0v) is 15.4. The Kier molecular flexibility index (Phi) is 3.93. The molecule has 1 saturated carbocycles. The zero-order chi connectivity index (χ0) is 17.8. The summed E-state index contributed by atoms with van der Waals surface area (Å²) in [6.07, 6.45) is 5.11. The predicted octanol–water partition coefficient (Wildman–Crippen LogP) is 3.85. The fourth-order valence-electron chi connectivity index (χ4n) is 4.78. The summed E-state index contributed by atoms with van der Waals surface area (Å²) in [6, 6.07) is 2.19. The molecule has 2 fully saturated rings. The van der Waals surface area contributed by atoms with Crippen LogP contribution in [0.3, 0.4) is 0 Å². The van der Waals surface area contributed by atoms with E-state index in [1.807, 2.05) is 20.8 Å². The molecule has 0 spiro atoms. The van der Waals surface area contributed by atoms with Gasteiger partial charge in [-0.1, -0.05) is 0 Å². The number of nitrogens with one attached hydrogen (secondary N) is 1. The number of likely N-dealkylation sites (tertiary alicyclic amines) is 1. The van der Waals surface area contributed by atoms with Crippen LogP contribution in [0.25, 0.3) is 0 Å². The molecule has 2 aliphatic carbocycles. The minimum absolute atomic E-state index is 0.0852. The number of H-pyrrole nitrogens is 1. The maximum Gasteiger partial charge on any atom is 0.410 e. The minimum atomic E-state index is -0.468. The summed E-state index contributed by atoms with van der Waals surface area (Å²) in [7, 11) is 0. The van der Waals surface area contributed by atoms with Crippen molar-refractivity contribution in [3.8, 4) is 0 Å². The van der Waals surface area contributed by atoms with Crippen molar-refractivity contribution in [1.29, 1.82) is 0 Å². The summed E-state index contributed by atoms with van der Waals surface area (Å²) < 4.78 is 5.45. The summed E-state index contributed by atoms with van der Waals surface area (Å²) in [4.78, 5) is 29.8. The van der Waals surface area contributed by atoms with Gasteiger partial charge in [-0.25, -0.2) is 4.79 Å². The third-order valence-electron chi connectivity index (χ3n) is 6.00. The number of piperidine rings is 1. The van der Waals surface area contributed by atoms with E-state index in [9.17, 15) is 9.59 Å². The standard InChI is InChI=1S/C20H28N2O3/c1-20(2,3)25-19(24)22-8-6-12(7-9-22)16-11-15-13-4-5-14(10-13)17(15)21-18(16)23/h11-14H,4-10H2,1-3H3,(H,21,23). The Morgan fingerprint density at radius 1 is 1.08 bits per heavy atom. The number of pyridine rings is 1. The molecule has 1 aromatic heterocycles. The number of amides is 1. The van der Waals surface area contributed by atoms with Crippen molar-refractivity contribution in [3.63, 3.8) is 0 Å². The van der Waals surface area contributed by atoms with E-state index >= 15 is 0 Å². The summed E-state index contributed by atoms with van der Waals surface area (Å²) in [5.41, 5.74) is 3.14. The van der Waals surface area contributed by atoms with Crippen LogP contribution >= 0.6 is 0 Å². The molecule has 136 valence electrons. The summed E-state index contributed by atoms with van der Waals surface area (Å²) in [6.45, 7) is 6.96. The van der Waals surface area contributed by atoms with Crippen LogP contribution in [0.4, 0.5) is 4.79 Å². The third-order valence-corrected chi connectivity index (χ3v) is 6.00. The van der Waals surface area contributed by atoms with Gasteiger partial charge in [0.1, 0.15) is 5.60 Å². The second-order valence-corrected chi connectivity index (χ2v) is 8.87. The summed E-state index contributed by atoms with van der Waals surface area (Å²) in [5, 5.41) is 0. The van der Waals surface area contributed by atoms with Crippen molar-refractivity contribution in [2.45, 2.75) is 76.2 Å². The average Bonchev–Trinajstić information content (AvgIpc) is 3.14. The first-order chi connectivity index (χ1) is 11.8. The Morgan fingerprint density at radius 2 is 1.76 bits per heavy atom. The molecule has 2 bridgehead atoms. The molecule has 4 rings (SSSR count). The van der Waals surface area contributed by atoms with E-state index in [-0.39, 0.29) is 17.6 Å². The number of rotatable bonds is 1. The van der Waals surface area contributed by atoms with Crippen molar-refractivity contribution in [2.75, 3.05) is 13.1 Å². The van der Waals surface area contributed by atoms with Crippen LogP contribution in [-0.2, 0) is 4.74 Å². The quantitative estimate of drug-likeness (QED) is 0.841. The van der Waals surface area contributed by atoms with Gasteiger partial charge in [0.25, 0.3) is 5.56 Å². The van der Waals surface area contributed by atoms with Gasteiger partial charge in [0.15, 0.2) is 0 Å². The SMILES string of the molecule is CC(C)(C)OC(=O)N1CCC(c2cc3c([nH]c2=O)C2CCC3C2)CC1. The lowest BCUT2D eigenvalue weighted by molar-refractivity contribution is 0.0204. The van der Waals surface area contributed by atoms with E-state index < -0.39 is 5.60 Å². The highest BCUT2D eigenvalue weighted by Gasteiger charge is 2.39. The number of fused-ring (bicyclic) bond motifs is 5. The van der Waals surface area contributed by atoms with Crippen LogP contribution in [0, 0.1) is 0 Å². The second kappa shape index (κ2) is 5.89. The van der Waals surface area contributed by atoms with Crippen molar-refractivity contribution in [2.24, 2.45) is 0 Å². The zero-order valence-electron chi connectivity index (χ0n) is 15.4. The highest BCUT2D eigenvalue weighted by Crippen LogP contribution is 2.52. The molecule has 2 unspecified atom stereocenters. The second-order valence-electron chi connectivity index (χ2n) is 8.87. The number of ether oxygens (including phenoxy) is 1. The van der Waals surface area contributed by atoms with E-state index in [4.69, 9.17) is 4.74 Å². The van der Waals surface area contributed by atoms with E-state index in [1.165, 1.54) is 30.5 Å². The molecule has 1 aromatic rings. The van der Waals surface area contributed by atoms with Crippen LogP contribution in [0.5, 0.6) is 0 Å². The maximum atomic E-state index is 12.6. The van der Waals surface area contributed by atoms with Crippen molar-refractivity contribution >= 4 is 6.09 Å². The number of carbonyl (C=O) groups is 1. The topological polar surface area (TPSA) is 62.4 Å². The first-order valence-electron chi connectivity index (χ1n) is 9.57. The molecule has 1 N–H and O–H groups in total. The molecule has 0 radical (unpaired) electrons. The number of hydrogen-bond acceptors (Lipinski definition) is 3. The van der Waals surface area contributed by atoms with Crippen LogP contribution in [0.1, 0.15) is 87.4 Å². The van der Waals surface area contributed by atoms with Gasteiger partial charge in [-0.3, -0.25) is 4.79 Å². The van der Waals surface area contributed by atoms with Gasteiger partial charge in [0.05, 0.1) is 0 Å². The molecular weight excluding hydrogens is 316 g/mol. The van der Waals surface area contributed by atoms with Crippen LogP contribution in [0.15, 0.2) is 10.9 Å². The minimum Gasteiger partial charge on any atom is -0.444 e. The fourth-order valence-corrected chi connectivity index (χ4v) is 4.78. The van der Waals surface area contributed by atoms with Crippen molar-refractivity contribution in [1.82, 2.24) is 9.88 Å². The van der Waals surface area contributed by atoms with Crippen LogP contribution in [0.2, 0.25) is 0 Å². The molecule has 2 heterocycles. The number of carbonyl (C=O) groups excluding carboxylic acids is 1. The van der Waals surface area contributed by atoms with Gasteiger partial charge in [-0.2, -0.15) is 0 Å². The predicted molar refractivity (Wildman–Crippen MR) is 96.2 cm³/mol. The maximum absolute atomic E-state index is 12.6. The van der Waals surface area contributed by atoms with Crippen molar-refractivity contribution < 1.29 is 9.53 Å². The molecule has 2 atom stereocenters. The number of aromatic amines is 1. The van der Waals surface area contributed by atoms with Gasteiger partial charge in [-0.05, 0) is 82.3 Å². The summed E-state index contributed by atoms with van der Waals surface area (Å²) in [5.74, 6) is 1.47. The Hall–Kier alpha value is -1.78. The summed E-state index contributed by atoms with van der Waals surface area (Å²) >= 11 is 0. The average molecular weight is 344 g/mol. The van der Waals surface area contributed by atoms with Gasteiger partial charge >= 0.3 is 6.09 Å². The van der Waals surface area contributed by atoms with Gasteiger partial charge < -0.3 is 14.6 Å². The lowest BCUT2D eigenvalue weighted by Gasteiger charge is -2.33. The van der Waals surface area contributed by atoms with Gasteiger partial charge in [-0.15, -0.1) is 0 Å². The van der Waals surface area contributed by atoms with Crippen LogP contribution in [-0.4, -0.2) is 34.7 Å². The molecule has 1 aliphatic heterocycles. The normalized spacial score (nSPS) is 26.0. The molecule has 1 amide bonds. The smallest absolute Gasteiger partial charge is 0.410 e. The Labute approximate surface area is 148 Å². The van der Waals surface area contributed by atoms with Gasteiger partial charge in [0.2, 0.25) is 0 Å².